The highest BCUT2D eigenvalue weighted by molar-refractivity contribution is 9.10. The third-order valence-corrected chi connectivity index (χ3v) is 4.19. The number of imide groups is 2. The van der Waals surface area contributed by atoms with Crippen LogP contribution in [-0.2, 0) is 16.1 Å². The first-order valence-corrected chi connectivity index (χ1v) is 7.57. The summed E-state index contributed by atoms with van der Waals surface area (Å²) in [5, 5.41) is 0. The van der Waals surface area contributed by atoms with E-state index in [1.165, 1.54) is 0 Å². The van der Waals surface area contributed by atoms with Crippen molar-refractivity contribution in [1.82, 2.24) is 9.80 Å². The molecule has 0 aliphatic carbocycles. The van der Waals surface area contributed by atoms with Crippen LogP contribution >= 0.6 is 15.9 Å². The van der Waals surface area contributed by atoms with Crippen molar-refractivity contribution in [2.45, 2.75) is 19.9 Å². The molecule has 8 heteroatoms. The molecule has 1 aromatic rings. The van der Waals surface area contributed by atoms with Gasteiger partial charge >= 0.3 is 17.8 Å². The van der Waals surface area contributed by atoms with Gasteiger partial charge in [-0.05, 0) is 24.1 Å². The number of hydrogen-bond acceptors (Lipinski definition) is 5. The maximum atomic E-state index is 12.2. The van der Waals surface area contributed by atoms with Gasteiger partial charge in [0.25, 0.3) is 0 Å². The monoisotopic (exact) mass is 368 g/mol. The third kappa shape index (κ3) is 2.33. The van der Waals surface area contributed by atoms with Gasteiger partial charge < -0.3 is 9.47 Å². The van der Waals surface area contributed by atoms with E-state index in [0.717, 1.165) is 9.80 Å². The molecular formula is C14H13BrN2O5. The second-order valence-corrected chi connectivity index (χ2v) is 5.78. The molecule has 0 bridgehead atoms. The lowest BCUT2D eigenvalue weighted by molar-refractivity contribution is -0.143. The fraction of sp³-hybridized carbons (Fsp3) is 0.357. The molecule has 22 heavy (non-hydrogen) atoms. The molecule has 0 spiro atoms. The predicted molar refractivity (Wildman–Crippen MR) is 78.2 cm³/mol. The van der Waals surface area contributed by atoms with Crippen molar-refractivity contribution in [3.05, 3.63) is 22.2 Å². The highest BCUT2D eigenvalue weighted by Gasteiger charge is 2.44. The Morgan fingerprint density at radius 2 is 1.73 bits per heavy atom. The maximum absolute atomic E-state index is 12.2. The molecular weight excluding hydrogens is 356 g/mol. The summed E-state index contributed by atoms with van der Waals surface area (Å²) >= 11 is 3.37. The van der Waals surface area contributed by atoms with Crippen LogP contribution in [0.2, 0.25) is 0 Å². The average Bonchev–Trinajstić information content (AvgIpc) is 3.01. The van der Waals surface area contributed by atoms with Crippen molar-refractivity contribution < 1.29 is 23.9 Å². The lowest BCUT2D eigenvalue weighted by atomic mass is 10.2. The second-order valence-electron chi connectivity index (χ2n) is 4.93. The molecule has 0 atom stereocenters. The molecule has 116 valence electrons. The highest BCUT2D eigenvalue weighted by Crippen LogP contribution is 2.37. The number of benzene rings is 1. The van der Waals surface area contributed by atoms with E-state index in [0.29, 0.717) is 28.0 Å². The fourth-order valence-electron chi connectivity index (χ4n) is 2.36. The van der Waals surface area contributed by atoms with E-state index >= 15 is 0 Å². The van der Waals surface area contributed by atoms with Crippen LogP contribution in [0.1, 0.15) is 18.9 Å². The van der Waals surface area contributed by atoms with Gasteiger partial charge in [0.15, 0.2) is 11.5 Å². The normalized spacial score (nSPS) is 16.9. The Kier molecular flexibility index (Phi) is 3.78. The summed E-state index contributed by atoms with van der Waals surface area (Å²) in [6.45, 7) is 2.21. The van der Waals surface area contributed by atoms with E-state index in [9.17, 15) is 14.4 Å². The van der Waals surface area contributed by atoms with E-state index in [1.807, 2.05) is 6.92 Å². The van der Waals surface area contributed by atoms with Crippen molar-refractivity contribution in [3.8, 4) is 11.5 Å². The third-order valence-electron chi connectivity index (χ3n) is 3.45. The van der Waals surface area contributed by atoms with E-state index in [-0.39, 0.29) is 19.9 Å². The molecule has 7 nitrogen and oxygen atoms in total. The van der Waals surface area contributed by atoms with Gasteiger partial charge in [0.05, 0.1) is 6.54 Å². The van der Waals surface area contributed by atoms with Crippen molar-refractivity contribution >= 4 is 33.8 Å². The van der Waals surface area contributed by atoms with Crippen LogP contribution in [-0.4, -0.2) is 41.0 Å². The quantitative estimate of drug-likeness (QED) is 0.598. The number of amides is 4. The minimum atomic E-state index is -0.803. The number of urea groups is 1. The number of hydrogen-bond donors (Lipinski definition) is 0. The molecule has 3 rings (SSSR count). The lowest BCUT2D eigenvalue weighted by Crippen LogP contribution is -2.33. The second kappa shape index (κ2) is 5.60. The summed E-state index contributed by atoms with van der Waals surface area (Å²) in [6, 6.07) is 2.83. The summed E-state index contributed by atoms with van der Waals surface area (Å²) in [7, 11) is 0. The molecule has 0 unspecified atom stereocenters. The first kappa shape index (κ1) is 14.8. The van der Waals surface area contributed by atoms with Gasteiger partial charge in [-0.2, -0.15) is 0 Å². The summed E-state index contributed by atoms with van der Waals surface area (Å²) in [5.74, 6) is -0.431. The average molecular weight is 369 g/mol. The number of fused-ring (bicyclic) bond motifs is 1. The number of ether oxygens (including phenoxy) is 2. The zero-order valence-corrected chi connectivity index (χ0v) is 13.4. The maximum Gasteiger partial charge on any atom is 0.334 e. The molecule has 1 fully saturated rings. The topological polar surface area (TPSA) is 76.2 Å². The molecule has 1 saturated heterocycles. The van der Waals surface area contributed by atoms with Gasteiger partial charge in [-0.1, -0.05) is 22.9 Å². The van der Waals surface area contributed by atoms with E-state index in [1.54, 1.807) is 12.1 Å². The Hall–Kier alpha value is -2.09. The zero-order chi connectivity index (χ0) is 15.9. The first-order valence-electron chi connectivity index (χ1n) is 6.78. The number of carbonyl (C=O) groups excluding carboxylic acids is 3. The Bertz CT molecular complexity index is 675. The molecule has 0 radical (unpaired) electrons. The van der Waals surface area contributed by atoms with Gasteiger partial charge in [-0.3, -0.25) is 19.4 Å². The molecule has 2 aliphatic rings. The van der Waals surface area contributed by atoms with Crippen LogP contribution in [0.15, 0.2) is 16.6 Å². The Morgan fingerprint density at radius 1 is 1.09 bits per heavy atom. The molecule has 4 amide bonds. The van der Waals surface area contributed by atoms with Crippen LogP contribution in [0.3, 0.4) is 0 Å². The van der Waals surface area contributed by atoms with Gasteiger partial charge in [0.1, 0.15) is 0 Å². The highest BCUT2D eigenvalue weighted by atomic mass is 79.9. The molecule has 0 N–H and O–H groups in total. The van der Waals surface area contributed by atoms with E-state index in [2.05, 4.69) is 15.9 Å². The summed E-state index contributed by atoms with van der Waals surface area (Å²) in [6.07, 6.45) is 0.603. The minimum Gasteiger partial charge on any atom is -0.454 e. The van der Waals surface area contributed by atoms with E-state index in [4.69, 9.17) is 9.47 Å². The number of nitrogens with zero attached hydrogens (tertiary/aromatic N) is 2. The molecule has 2 aliphatic heterocycles. The van der Waals surface area contributed by atoms with Crippen LogP contribution in [0.5, 0.6) is 11.5 Å². The van der Waals surface area contributed by atoms with Gasteiger partial charge in [-0.25, -0.2) is 4.79 Å². The summed E-state index contributed by atoms with van der Waals surface area (Å²) in [4.78, 5) is 38.0. The summed E-state index contributed by atoms with van der Waals surface area (Å²) < 4.78 is 11.2. The number of rotatable bonds is 4. The minimum absolute atomic E-state index is 0.000838. The molecule has 1 aromatic carbocycles. The van der Waals surface area contributed by atoms with Crippen LogP contribution in [0, 0.1) is 0 Å². The van der Waals surface area contributed by atoms with E-state index < -0.39 is 17.8 Å². The smallest absolute Gasteiger partial charge is 0.334 e. The van der Waals surface area contributed by atoms with Crippen molar-refractivity contribution in [2.24, 2.45) is 0 Å². The predicted octanol–water partition coefficient (Wildman–Crippen LogP) is 1.88. The van der Waals surface area contributed by atoms with Crippen molar-refractivity contribution in [2.75, 3.05) is 13.3 Å². The van der Waals surface area contributed by atoms with Gasteiger partial charge in [0.2, 0.25) is 6.79 Å². The zero-order valence-electron chi connectivity index (χ0n) is 11.8. The van der Waals surface area contributed by atoms with Crippen LogP contribution in [0.4, 0.5) is 4.79 Å². The summed E-state index contributed by atoms with van der Waals surface area (Å²) in [5.41, 5.74) is 0.664. The largest absolute Gasteiger partial charge is 0.454 e. The number of carbonyl (C=O) groups is 3. The van der Waals surface area contributed by atoms with Crippen LogP contribution < -0.4 is 9.47 Å². The Labute approximate surface area is 134 Å². The van der Waals surface area contributed by atoms with Crippen molar-refractivity contribution in [1.29, 1.82) is 0 Å². The van der Waals surface area contributed by atoms with Crippen molar-refractivity contribution in [3.63, 3.8) is 0 Å². The van der Waals surface area contributed by atoms with Gasteiger partial charge in [-0.15, -0.1) is 0 Å². The lowest BCUT2D eigenvalue weighted by Gasteiger charge is -2.16. The Morgan fingerprint density at radius 3 is 2.41 bits per heavy atom. The SMILES string of the molecule is CCCN1C(=O)C(=O)N(Cc2cc3c(cc2Br)OCO3)C1=O. The fourth-order valence-corrected chi connectivity index (χ4v) is 2.81. The number of halogens is 1. The first-order chi connectivity index (χ1) is 10.5. The van der Waals surface area contributed by atoms with Crippen LogP contribution in [0.25, 0.3) is 0 Å². The Balaban J connectivity index is 1.86. The molecule has 0 aromatic heterocycles. The molecule has 2 heterocycles. The standard InChI is InChI=1S/C14H13BrN2O5/c1-2-3-16-12(18)13(19)17(14(16)20)6-8-4-10-11(5-9(8)15)22-7-21-10/h4-5H,2-3,6-7H2,1H3. The molecule has 0 saturated carbocycles. The van der Waals surface area contributed by atoms with Gasteiger partial charge in [0, 0.05) is 11.0 Å².